The van der Waals surface area contributed by atoms with Gasteiger partial charge in [0.2, 0.25) is 0 Å². The molecule has 0 aliphatic heterocycles. The summed E-state index contributed by atoms with van der Waals surface area (Å²) in [6.07, 6.45) is 1.40. The summed E-state index contributed by atoms with van der Waals surface area (Å²) >= 11 is 0. The molecule has 0 atom stereocenters. The molecule has 3 aromatic rings. The van der Waals surface area contributed by atoms with Gasteiger partial charge in [0.1, 0.15) is 11.5 Å². The first kappa shape index (κ1) is 25.1. The average Bonchev–Trinajstić information content (AvgIpc) is 2.83. The Morgan fingerprint density at radius 2 is 1.69 bits per heavy atom. The fourth-order valence-corrected chi connectivity index (χ4v) is 2.95. The zero-order valence-electron chi connectivity index (χ0n) is 19.6. The molecule has 3 rings (SSSR count). The highest BCUT2D eigenvalue weighted by atomic mass is 16.6. The van der Waals surface area contributed by atoms with Crippen LogP contribution in [0.15, 0.2) is 77.9 Å². The van der Waals surface area contributed by atoms with Crippen LogP contribution < -0.4 is 14.9 Å². The Balaban J connectivity index is 1.50. The Hall–Kier alpha value is -4.53. The first-order valence-electron chi connectivity index (χ1n) is 10.7. The van der Waals surface area contributed by atoms with Gasteiger partial charge in [0.15, 0.2) is 6.61 Å². The summed E-state index contributed by atoms with van der Waals surface area (Å²) in [5.74, 6) is -0.248. The van der Waals surface area contributed by atoms with Crippen molar-refractivity contribution in [1.82, 2.24) is 5.43 Å². The fourth-order valence-electron chi connectivity index (χ4n) is 2.95. The van der Waals surface area contributed by atoms with Gasteiger partial charge in [-0.1, -0.05) is 45.0 Å². The maximum absolute atomic E-state index is 12.3. The molecule has 180 valence electrons. The van der Waals surface area contributed by atoms with Gasteiger partial charge in [-0.25, -0.2) is 10.2 Å². The second-order valence-electron chi connectivity index (χ2n) is 8.62. The number of carbonyl (C=O) groups excluding carboxylic acids is 2. The number of amides is 1. The molecule has 0 saturated carbocycles. The Kier molecular flexibility index (Phi) is 7.93. The van der Waals surface area contributed by atoms with Crippen molar-refractivity contribution in [3.05, 3.63) is 99.6 Å². The number of hydrogen-bond acceptors (Lipinski definition) is 7. The number of nitrogens with one attached hydrogen (secondary N) is 1. The summed E-state index contributed by atoms with van der Waals surface area (Å²) in [6.45, 7) is 6.16. The van der Waals surface area contributed by atoms with Crippen LogP contribution in [0.1, 0.15) is 42.3 Å². The minimum Gasteiger partial charge on any atom is -0.484 e. The molecular formula is C26H25N3O6. The van der Waals surface area contributed by atoms with Crippen LogP contribution in [0.3, 0.4) is 0 Å². The summed E-state index contributed by atoms with van der Waals surface area (Å²) in [5, 5.41) is 14.6. The van der Waals surface area contributed by atoms with Gasteiger partial charge in [0.25, 0.3) is 11.6 Å². The number of ether oxygens (including phenoxy) is 2. The van der Waals surface area contributed by atoms with E-state index in [9.17, 15) is 19.7 Å². The third-order valence-corrected chi connectivity index (χ3v) is 4.88. The zero-order chi connectivity index (χ0) is 25.4. The van der Waals surface area contributed by atoms with Crippen molar-refractivity contribution in [2.75, 3.05) is 6.61 Å². The summed E-state index contributed by atoms with van der Waals surface area (Å²) in [7, 11) is 0. The molecule has 0 heterocycles. The topological polar surface area (TPSA) is 120 Å². The van der Waals surface area contributed by atoms with E-state index >= 15 is 0 Å². The molecule has 0 radical (unpaired) electrons. The van der Waals surface area contributed by atoms with Gasteiger partial charge < -0.3 is 9.47 Å². The molecule has 0 unspecified atom stereocenters. The molecular weight excluding hydrogens is 450 g/mol. The van der Waals surface area contributed by atoms with Gasteiger partial charge in [-0.3, -0.25) is 14.9 Å². The molecule has 9 heteroatoms. The number of nitro benzene ring substituents is 1. The number of hydrogen-bond donors (Lipinski definition) is 1. The predicted molar refractivity (Wildman–Crippen MR) is 131 cm³/mol. The minimum absolute atomic E-state index is 0.0327. The molecule has 0 aliphatic rings. The Bertz CT molecular complexity index is 1230. The maximum Gasteiger partial charge on any atom is 0.343 e. The van der Waals surface area contributed by atoms with Crippen LogP contribution in [-0.4, -0.2) is 29.6 Å². The second kappa shape index (κ2) is 11.1. The van der Waals surface area contributed by atoms with Crippen molar-refractivity contribution in [1.29, 1.82) is 0 Å². The fraction of sp³-hybridized carbons (Fsp3) is 0.192. The van der Waals surface area contributed by atoms with Crippen LogP contribution in [0.25, 0.3) is 0 Å². The van der Waals surface area contributed by atoms with Gasteiger partial charge >= 0.3 is 5.97 Å². The molecule has 0 fully saturated rings. The van der Waals surface area contributed by atoms with E-state index in [1.54, 1.807) is 24.3 Å². The SMILES string of the molecule is CC(C)(C)c1ccc(OCC(=O)NN=Cc2cccc(OC(=O)c3ccc([N+](=O)[O-])cc3)c2)cc1. The van der Waals surface area contributed by atoms with E-state index in [1.807, 2.05) is 24.3 Å². The van der Waals surface area contributed by atoms with E-state index in [0.717, 1.165) is 0 Å². The highest BCUT2D eigenvalue weighted by Crippen LogP contribution is 2.24. The summed E-state index contributed by atoms with van der Waals surface area (Å²) in [4.78, 5) is 34.5. The molecule has 0 spiro atoms. The first-order chi connectivity index (χ1) is 16.6. The molecule has 1 amide bonds. The first-order valence-corrected chi connectivity index (χ1v) is 10.7. The zero-order valence-corrected chi connectivity index (χ0v) is 19.6. The largest absolute Gasteiger partial charge is 0.484 e. The summed E-state index contributed by atoms with van der Waals surface area (Å²) < 4.78 is 10.8. The van der Waals surface area contributed by atoms with Gasteiger partial charge in [0.05, 0.1) is 16.7 Å². The van der Waals surface area contributed by atoms with E-state index in [0.29, 0.717) is 11.3 Å². The number of nitrogens with zero attached hydrogens (tertiary/aromatic N) is 2. The summed E-state index contributed by atoms with van der Waals surface area (Å²) in [5.41, 5.74) is 4.22. The van der Waals surface area contributed by atoms with Crippen molar-refractivity contribution in [2.24, 2.45) is 5.10 Å². The summed E-state index contributed by atoms with van der Waals surface area (Å²) in [6, 6.07) is 19.2. The smallest absolute Gasteiger partial charge is 0.343 e. The van der Waals surface area contributed by atoms with E-state index in [2.05, 4.69) is 31.3 Å². The van der Waals surface area contributed by atoms with Crippen molar-refractivity contribution >= 4 is 23.8 Å². The third-order valence-electron chi connectivity index (χ3n) is 4.88. The van der Waals surface area contributed by atoms with Crippen molar-refractivity contribution in [3.8, 4) is 11.5 Å². The van der Waals surface area contributed by atoms with Crippen LogP contribution >= 0.6 is 0 Å². The molecule has 0 bridgehead atoms. The van der Waals surface area contributed by atoms with Crippen LogP contribution in [0.4, 0.5) is 5.69 Å². The van der Waals surface area contributed by atoms with Gasteiger partial charge in [-0.05, 0) is 52.9 Å². The van der Waals surface area contributed by atoms with Gasteiger partial charge in [0, 0.05) is 12.1 Å². The molecule has 3 aromatic carbocycles. The Morgan fingerprint density at radius 3 is 2.31 bits per heavy atom. The predicted octanol–water partition coefficient (Wildman–Crippen LogP) is 4.64. The lowest BCUT2D eigenvalue weighted by molar-refractivity contribution is -0.384. The lowest BCUT2D eigenvalue weighted by atomic mass is 9.87. The quantitative estimate of drug-likeness (QED) is 0.167. The number of nitro groups is 1. The van der Waals surface area contributed by atoms with Crippen LogP contribution in [0.5, 0.6) is 11.5 Å². The number of benzene rings is 3. The van der Waals surface area contributed by atoms with Gasteiger partial charge in [-0.2, -0.15) is 5.10 Å². The maximum atomic E-state index is 12.3. The lowest BCUT2D eigenvalue weighted by Crippen LogP contribution is -2.24. The van der Waals surface area contributed by atoms with Crippen molar-refractivity contribution < 1.29 is 24.0 Å². The van der Waals surface area contributed by atoms with E-state index in [4.69, 9.17) is 9.47 Å². The lowest BCUT2D eigenvalue weighted by Gasteiger charge is -2.19. The Labute approximate surface area is 202 Å². The number of non-ortho nitro benzene ring substituents is 1. The number of esters is 1. The van der Waals surface area contributed by atoms with Crippen LogP contribution in [-0.2, 0) is 10.2 Å². The molecule has 0 aromatic heterocycles. The van der Waals surface area contributed by atoms with E-state index in [-0.39, 0.29) is 29.0 Å². The minimum atomic E-state index is -0.657. The molecule has 35 heavy (non-hydrogen) atoms. The van der Waals surface area contributed by atoms with E-state index in [1.165, 1.54) is 36.0 Å². The molecule has 9 nitrogen and oxygen atoms in total. The molecule has 1 N–H and O–H groups in total. The standard InChI is InChI=1S/C26H25N3O6/c1-26(2,3)20-9-13-22(14-10-20)34-17-24(30)28-27-16-18-5-4-6-23(15-18)35-25(31)19-7-11-21(12-8-19)29(32)33/h4-16H,17H2,1-3H3,(H,28,30). The highest BCUT2D eigenvalue weighted by molar-refractivity contribution is 5.91. The number of hydrazone groups is 1. The molecule has 0 aliphatic carbocycles. The highest BCUT2D eigenvalue weighted by Gasteiger charge is 2.13. The Morgan fingerprint density at radius 1 is 1.00 bits per heavy atom. The third kappa shape index (κ3) is 7.50. The van der Waals surface area contributed by atoms with Crippen molar-refractivity contribution in [3.63, 3.8) is 0 Å². The van der Waals surface area contributed by atoms with Crippen molar-refractivity contribution in [2.45, 2.75) is 26.2 Å². The second-order valence-corrected chi connectivity index (χ2v) is 8.62. The van der Waals surface area contributed by atoms with Crippen LogP contribution in [0, 0.1) is 10.1 Å². The van der Waals surface area contributed by atoms with Gasteiger partial charge in [-0.15, -0.1) is 0 Å². The van der Waals surface area contributed by atoms with Crippen LogP contribution in [0.2, 0.25) is 0 Å². The average molecular weight is 476 g/mol. The molecule has 0 saturated heterocycles. The van der Waals surface area contributed by atoms with E-state index < -0.39 is 16.8 Å². The number of rotatable bonds is 8. The normalized spacial score (nSPS) is 11.2. The monoisotopic (exact) mass is 475 g/mol. The number of carbonyl (C=O) groups is 2.